The number of aromatic carboxylic acids is 1. The molecule has 0 saturated carbocycles. The van der Waals surface area contributed by atoms with Gasteiger partial charge in [0.2, 0.25) is 0 Å². The van der Waals surface area contributed by atoms with Crippen LogP contribution in [0, 0.1) is 13.8 Å². The minimum atomic E-state index is -0.990. The summed E-state index contributed by atoms with van der Waals surface area (Å²) < 4.78 is 0. The summed E-state index contributed by atoms with van der Waals surface area (Å²) in [5.41, 5.74) is 2.26. The van der Waals surface area contributed by atoms with Gasteiger partial charge in [0.15, 0.2) is 0 Å². The number of hydrogen-bond donors (Lipinski definition) is 3. The number of nitrogens with one attached hydrogen (secondary N) is 2. The molecule has 0 radical (unpaired) electrons. The molecule has 116 valence electrons. The molecule has 3 N–H and O–H groups in total. The molecule has 2 amide bonds. The highest BCUT2D eigenvalue weighted by atomic mass is 16.4. The molecule has 0 aliphatic heterocycles. The summed E-state index contributed by atoms with van der Waals surface area (Å²) in [4.78, 5) is 23.1. The number of carboxylic acid groups (broad SMARTS) is 1. The topological polar surface area (TPSA) is 78.4 Å². The molecule has 1 aromatic rings. The third kappa shape index (κ3) is 5.10. The summed E-state index contributed by atoms with van der Waals surface area (Å²) >= 11 is 0. The second-order valence-electron chi connectivity index (χ2n) is 5.41. The highest BCUT2D eigenvalue weighted by molar-refractivity contribution is 5.94. The van der Waals surface area contributed by atoms with Crippen molar-refractivity contribution in [1.82, 2.24) is 5.32 Å². The molecular formula is C16H24N2O3. The molecular weight excluding hydrogens is 268 g/mol. The van der Waals surface area contributed by atoms with Crippen LogP contribution in [0.25, 0.3) is 0 Å². The molecule has 1 aromatic carbocycles. The van der Waals surface area contributed by atoms with Crippen molar-refractivity contribution in [3.05, 3.63) is 28.8 Å². The van der Waals surface area contributed by atoms with E-state index in [0.29, 0.717) is 11.3 Å². The first-order valence-electron chi connectivity index (χ1n) is 7.27. The third-order valence-corrected chi connectivity index (χ3v) is 3.52. The quantitative estimate of drug-likeness (QED) is 0.748. The molecule has 5 heteroatoms. The van der Waals surface area contributed by atoms with Crippen LogP contribution in [0.4, 0.5) is 10.5 Å². The Hall–Kier alpha value is -2.04. The van der Waals surface area contributed by atoms with Gasteiger partial charge >= 0.3 is 12.0 Å². The van der Waals surface area contributed by atoms with E-state index in [1.165, 1.54) is 6.07 Å². The van der Waals surface area contributed by atoms with Crippen molar-refractivity contribution in [1.29, 1.82) is 0 Å². The van der Waals surface area contributed by atoms with Crippen molar-refractivity contribution in [3.8, 4) is 0 Å². The van der Waals surface area contributed by atoms with Gasteiger partial charge in [-0.3, -0.25) is 0 Å². The van der Waals surface area contributed by atoms with Crippen molar-refractivity contribution in [3.63, 3.8) is 0 Å². The first kappa shape index (κ1) is 17.0. The minimum absolute atomic E-state index is 0.0930. The van der Waals surface area contributed by atoms with E-state index >= 15 is 0 Å². The Labute approximate surface area is 125 Å². The Balaban J connectivity index is 2.74. The van der Waals surface area contributed by atoms with E-state index < -0.39 is 5.97 Å². The Morgan fingerprint density at radius 2 is 1.95 bits per heavy atom. The predicted octanol–water partition coefficient (Wildman–Crippen LogP) is 3.70. The third-order valence-electron chi connectivity index (χ3n) is 3.52. The largest absolute Gasteiger partial charge is 0.478 e. The molecule has 1 unspecified atom stereocenters. The predicted molar refractivity (Wildman–Crippen MR) is 84.0 cm³/mol. The molecule has 1 rings (SSSR count). The van der Waals surface area contributed by atoms with Gasteiger partial charge in [0.1, 0.15) is 0 Å². The van der Waals surface area contributed by atoms with E-state index in [9.17, 15) is 9.59 Å². The Bertz CT molecular complexity index is 526. The summed E-state index contributed by atoms with van der Waals surface area (Å²) in [6.45, 7) is 7.65. The average molecular weight is 292 g/mol. The lowest BCUT2D eigenvalue weighted by Crippen LogP contribution is -2.36. The van der Waals surface area contributed by atoms with E-state index in [2.05, 4.69) is 17.6 Å². The fourth-order valence-corrected chi connectivity index (χ4v) is 2.13. The first-order valence-corrected chi connectivity index (χ1v) is 7.27. The molecule has 0 aliphatic carbocycles. The van der Waals surface area contributed by atoms with Crippen LogP contribution in [0.5, 0.6) is 0 Å². The van der Waals surface area contributed by atoms with E-state index in [4.69, 9.17) is 5.11 Å². The smallest absolute Gasteiger partial charge is 0.336 e. The van der Waals surface area contributed by atoms with Gasteiger partial charge in [-0.2, -0.15) is 0 Å². The molecule has 1 atom stereocenters. The van der Waals surface area contributed by atoms with Crippen LogP contribution in [0.3, 0.4) is 0 Å². The molecule has 5 nitrogen and oxygen atoms in total. The standard InChI is InChI=1S/C16H24N2O3/c1-5-6-7-11(3)17-16(21)18-13-8-10(2)12(4)14(9-13)15(19)20/h8-9,11H,5-7H2,1-4H3,(H,19,20)(H2,17,18,21). The fourth-order valence-electron chi connectivity index (χ4n) is 2.13. The van der Waals surface area contributed by atoms with Crippen LogP contribution in [0.15, 0.2) is 12.1 Å². The summed E-state index contributed by atoms with van der Waals surface area (Å²) in [5.74, 6) is -0.990. The normalized spacial score (nSPS) is 11.8. The highest BCUT2D eigenvalue weighted by Gasteiger charge is 2.13. The average Bonchev–Trinajstić information content (AvgIpc) is 2.39. The molecule has 0 aliphatic rings. The Kier molecular flexibility index (Phi) is 6.21. The lowest BCUT2D eigenvalue weighted by Gasteiger charge is -2.15. The number of benzene rings is 1. The highest BCUT2D eigenvalue weighted by Crippen LogP contribution is 2.20. The Morgan fingerprint density at radius 1 is 1.29 bits per heavy atom. The second-order valence-corrected chi connectivity index (χ2v) is 5.41. The molecule has 0 fully saturated rings. The lowest BCUT2D eigenvalue weighted by molar-refractivity contribution is 0.0696. The van der Waals surface area contributed by atoms with E-state index in [1.807, 2.05) is 13.8 Å². The molecule has 0 saturated heterocycles. The van der Waals surface area contributed by atoms with Crippen molar-refractivity contribution in [2.45, 2.75) is 53.0 Å². The molecule has 0 heterocycles. The molecule has 0 aromatic heterocycles. The number of amides is 2. The van der Waals surface area contributed by atoms with Gasteiger partial charge < -0.3 is 15.7 Å². The first-order chi connectivity index (χ1) is 9.85. The summed E-state index contributed by atoms with van der Waals surface area (Å²) in [7, 11) is 0. The minimum Gasteiger partial charge on any atom is -0.478 e. The summed E-state index contributed by atoms with van der Waals surface area (Å²) in [6.07, 6.45) is 3.08. The van der Waals surface area contributed by atoms with Crippen LogP contribution in [-0.4, -0.2) is 23.1 Å². The van der Waals surface area contributed by atoms with Gasteiger partial charge in [0.05, 0.1) is 5.56 Å². The maximum Gasteiger partial charge on any atom is 0.336 e. The van der Waals surface area contributed by atoms with Gasteiger partial charge in [-0.1, -0.05) is 19.8 Å². The number of rotatable bonds is 6. The van der Waals surface area contributed by atoms with Crippen LogP contribution < -0.4 is 10.6 Å². The maximum atomic E-state index is 11.9. The maximum absolute atomic E-state index is 11.9. The van der Waals surface area contributed by atoms with Crippen LogP contribution in [0.1, 0.15) is 54.6 Å². The van der Waals surface area contributed by atoms with E-state index in [0.717, 1.165) is 24.8 Å². The van der Waals surface area contributed by atoms with E-state index in [-0.39, 0.29) is 17.6 Å². The number of anilines is 1. The zero-order valence-electron chi connectivity index (χ0n) is 13.1. The number of urea groups is 1. The SMILES string of the molecule is CCCCC(C)NC(=O)Nc1cc(C)c(C)c(C(=O)O)c1. The van der Waals surface area contributed by atoms with Crippen LogP contribution in [0.2, 0.25) is 0 Å². The van der Waals surface area contributed by atoms with Crippen molar-refractivity contribution >= 4 is 17.7 Å². The summed E-state index contributed by atoms with van der Waals surface area (Å²) in [6, 6.07) is 3.05. The molecule has 21 heavy (non-hydrogen) atoms. The number of aryl methyl sites for hydroxylation is 1. The van der Waals surface area contributed by atoms with Crippen LogP contribution in [-0.2, 0) is 0 Å². The lowest BCUT2D eigenvalue weighted by atomic mass is 10.0. The Morgan fingerprint density at radius 3 is 2.52 bits per heavy atom. The van der Waals surface area contributed by atoms with E-state index in [1.54, 1.807) is 13.0 Å². The monoisotopic (exact) mass is 292 g/mol. The number of hydrogen-bond acceptors (Lipinski definition) is 2. The fraction of sp³-hybridized carbons (Fsp3) is 0.500. The number of unbranched alkanes of at least 4 members (excludes halogenated alkanes) is 1. The van der Waals surface area contributed by atoms with Gasteiger partial charge in [-0.05, 0) is 50.5 Å². The zero-order valence-corrected chi connectivity index (χ0v) is 13.1. The van der Waals surface area contributed by atoms with Crippen molar-refractivity contribution in [2.24, 2.45) is 0 Å². The van der Waals surface area contributed by atoms with Crippen LogP contribution >= 0.6 is 0 Å². The number of carbonyl (C=O) groups excluding carboxylic acids is 1. The van der Waals surface area contributed by atoms with Crippen molar-refractivity contribution in [2.75, 3.05) is 5.32 Å². The van der Waals surface area contributed by atoms with Gasteiger partial charge in [-0.15, -0.1) is 0 Å². The number of carbonyl (C=O) groups is 2. The van der Waals surface area contributed by atoms with Crippen molar-refractivity contribution < 1.29 is 14.7 Å². The summed E-state index contributed by atoms with van der Waals surface area (Å²) in [5, 5.41) is 14.7. The van der Waals surface area contributed by atoms with Gasteiger partial charge in [0, 0.05) is 11.7 Å². The second kappa shape index (κ2) is 7.67. The zero-order chi connectivity index (χ0) is 16.0. The number of carboxylic acids is 1. The molecule has 0 spiro atoms. The van der Waals surface area contributed by atoms with Gasteiger partial charge in [0.25, 0.3) is 0 Å². The van der Waals surface area contributed by atoms with Gasteiger partial charge in [-0.25, -0.2) is 9.59 Å². The molecule has 0 bridgehead atoms.